The largest absolute Gasteiger partial charge is 0.466 e. The molecule has 9 heteroatoms. The van der Waals surface area contributed by atoms with Crippen LogP contribution in [0.4, 0.5) is 4.39 Å². The second-order valence-electron chi connectivity index (χ2n) is 6.27. The highest BCUT2D eigenvalue weighted by Crippen LogP contribution is 2.19. The number of hydrogen-bond acceptors (Lipinski definition) is 6. The van der Waals surface area contributed by atoms with E-state index in [2.05, 4.69) is 5.10 Å². The van der Waals surface area contributed by atoms with Crippen molar-refractivity contribution in [2.75, 3.05) is 19.7 Å². The fourth-order valence-corrected chi connectivity index (χ4v) is 3.00. The first kappa shape index (κ1) is 18.8. The molecule has 2 heterocycles. The van der Waals surface area contributed by atoms with Gasteiger partial charge in [0.2, 0.25) is 11.8 Å². The maximum Gasteiger partial charge on any atom is 0.437 e. The molecule has 1 fully saturated rings. The first-order valence-corrected chi connectivity index (χ1v) is 8.76. The highest BCUT2D eigenvalue weighted by atomic mass is 19.1. The van der Waals surface area contributed by atoms with Crippen LogP contribution in [0.25, 0.3) is 11.5 Å². The van der Waals surface area contributed by atoms with E-state index in [1.807, 2.05) is 0 Å². The number of nitrogens with zero attached hydrogens (tertiary/aromatic N) is 3. The van der Waals surface area contributed by atoms with Crippen LogP contribution in [-0.4, -0.2) is 46.3 Å². The summed E-state index contributed by atoms with van der Waals surface area (Å²) in [4.78, 5) is 37.9. The van der Waals surface area contributed by atoms with E-state index < -0.39 is 11.6 Å². The van der Waals surface area contributed by atoms with Gasteiger partial charge in [0.05, 0.1) is 12.5 Å². The number of amides is 1. The van der Waals surface area contributed by atoms with Crippen molar-refractivity contribution in [3.8, 4) is 11.5 Å². The molecule has 0 bridgehead atoms. The van der Waals surface area contributed by atoms with Crippen molar-refractivity contribution < 1.29 is 23.1 Å². The van der Waals surface area contributed by atoms with Gasteiger partial charge in [-0.1, -0.05) is 0 Å². The van der Waals surface area contributed by atoms with Gasteiger partial charge in [-0.25, -0.2) is 9.18 Å². The van der Waals surface area contributed by atoms with Gasteiger partial charge < -0.3 is 14.1 Å². The number of likely N-dealkylation sites (tertiary alicyclic amines) is 1. The smallest absolute Gasteiger partial charge is 0.437 e. The summed E-state index contributed by atoms with van der Waals surface area (Å²) in [5, 5.41) is 4.00. The average molecular weight is 377 g/mol. The number of carbonyl (C=O) groups excluding carboxylic acids is 2. The number of hydrogen-bond donors (Lipinski definition) is 0. The van der Waals surface area contributed by atoms with Crippen molar-refractivity contribution in [1.82, 2.24) is 14.7 Å². The molecule has 2 aromatic rings. The molecule has 1 aliphatic heterocycles. The van der Waals surface area contributed by atoms with Crippen LogP contribution >= 0.6 is 0 Å². The molecule has 0 aliphatic carbocycles. The Labute approximate surface area is 154 Å². The van der Waals surface area contributed by atoms with Crippen LogP contribution in [0.5, 0.6) is 0 Å². The number of esters is 1. The van der Waals surface area contributed by atoms with Gasteiger partial charge in [-0.2, -0.15) is 4.68 Å². The van der Waals surface area contributed by atoms with Gasteiger partial charge in [0.25, 0.3) is 0 Å². The van der Waals surface area contributed by atoms with Gasteiger partial charge in [-0.05, 0) is 44.0 Å². The summed E-state index contributed by atoms with van der Waals surface area (Å²) < 4.78 is 24.0. The second-order valence-corrected chi connectivity index (χ2v) is 6.27. The topological polar surface area (TPSA) is 94.6 Å². The Morgan fingerprint density at radius 3 is 2.78 bits per heavy atom. The fourth-order valence-electron chi connectivity index (χ4n) is 3.00. The Bertz CT molecular complexity index is 874. The SMILES string of the molecule is CCOC(=O)C1CCCN(C(=O)Cn2nc(-c3ccc(F)cc3)oc2=O)C1. The molecular weight excluding hydrogens is 357 g/mol. The predicted molar refractivity (Wildman–Crippen MR) is 92.1 cm³/mol. The van der Waals surface area contributed by atoms with Gasteiger partial charge in [-0.15, -0.1) is 5.10 Å². The Kier molecular flexibility index (Phi) is 5.68. The zero-order chi connectivity index (χ0) is 19.4. The van der Waals surface area contributed by atoms with E-state index in [0.29, 0.717) is 31.6 Å². The van der Waals surface area contributed by atoms with E-state index in [1.165, 1.54) is 29.2 Å². The molecule has 3 rings (SSSR count). The summed E-state index contributed by atoms with van der Waals surface area (Å²) in [5.74, 6) is -2.18. The number of aromatic nitrogens is 2. The Morgan fingerprint density at radius 1 is 1.33 bits per heavy atom. The third-order valence-electron chi connectivity index (χ3n) is 4.38. The number of ether oxygens (including phenoxy) is 1. The van der Waals surface area contributed by atoms with Gasteiger partial charge in [0.1, 0.15) is 12.4 Å². The third-order valence-corrected chi connectivity index (χ3v) is 4.38. The van der Waals surface area contributed by atoms with Crippen LogP contribution in [0.3, 0.4) is 0 Å². The van der Waals surface area contributed by atoms with E-state index in [1.54, 1.807) is 6.92 Å². The third kappa shape index (κ3) is 4.42. The molecule has 1 atom stereocenters. The summed E-state index contributed by atoms with van der Waals surface area (Å²) in [7, 11) is 0. The zero-order valence-corrected chi connectivity index (χ0v) is 14.9. The predicted octanol–water partition coefficient (Wildman–Crippen LogP) is 1.44. The number of halogens is 1. The van der Waals surface area contributed by atoms with Crippen molar-refractivity contribution >= 4 is 11.9 Å². The summed E-state index contributed by atoms with van der Waals surface area (Å²) >= 11 is 0. The number of rotatable bonds is 5. The molecule has 0 N–H and O–H groups in total. The van der Waals surface area contributed by atoms with Gasteiger partial charge >= 0.3 is 11.7 Å². The first-order valence-electron chi connectivity index (χ1n) is 8.76. The molecule has 0 radical (unpaired) electrons. The summed E-state index contributed by atoms with van der Waals surface area (Å²) in [5.41, 5.74) is 0.431. The number of piperidine rings is 1. The Morgan fingerprint density at radius 2 is 2.07 bits per heavy atom. The van der Waals surface area contributed by atoms with E-state index in [4.69, 9.17) is 9.15 Å². The monoisotopic (exact) mass is 377 g/mol. The normalized spacial score (nSPS) is 17.0. The Hall–Kier alpha value is -2.97. The van der Waals surface area contributed by atoms with Gasteiger partial charge in [0, 0.05) is 18.7 Å². The van der Waals surface area contributed by atoms with E-state index in [-0.39, 0.29) is 36.8 Å². The van der Waals surface area contributed by atoms with Gasteiger partial charge in [0.15, 0.2) is 0 Å². The molecule has 0 saturated carbocycles. The molecule has 0 spiro atoms. The zero-order valence-electron chi connectivity index (χ0n) is 14.9. The van der Waals surface area contributed by atoms with E-state index in [0.717, 1.165) is 4.68 Å². The number of benzene rings is 1. The minimum absolute atomic E-state index is 0.0100. The molecular formula is C18H20FN3O5. The highest BCUT2D eigenvalue weighted by molar-refractivity contribution is 5.78. The molecule has 144 valence electrons. The van der Waals surface area contributed by atoms with Crippen molar-refractivity contribution in [2.45, 2.75) is 26.3 Å². The molecule has 1 aromatic heterocycles. The minimum Gasteiger partial charge on any atom is -0.466 e. The van der Waals surface area contributed by atoms with Crippen LogP contribution in [0.15, 0.2) is 33.5 Å². The van der Waals surface area contributed by atoms with E-state index in [9.17, 15) is 18.8 Å². The summed E-state index contributed by atoms with van der Waals surface area (Å²) in [6, 6.07) is 5.31. The molecule has 1 aliphatic rings. The molecule has 1 unspecified atom stereocenters. The standard InChI is InChI=1S/C18H20FN3O5/c1-2-26-17(24)13-4-3-9-21(10-13)15(23)11-22-18(25)27-16(20-22)12-5-7-14(19)8-6-12/h5-8,13H,2-4,9-11H2,1H3. The van der Waals surface area contributed by atoms with Crippen LogP contribution in [0.2, 0.25) is 0 Å². The molecule has 27 heavy (non-hydrogen) atoms. The second kappa shape index (κ2) is 8.15. The van der Waals surface area contributed by atoms with Crippen LogP contribution in [0.1, 0.15) is 19.8 Å². The molecule has 1 saturated heterocycles. The number of carbonyl (C=O) groups is 2. The quantitative estimate of drug-likeness (QED) is 0.732. The average Bonchev–Trinajstić information content (AvgIpc) is 3.03. The molecule has 1 aromatic carbocycles. The lowest BCUT2D eigenvalue weighted by Crippen LogP contribution is -2.44. The maximum absolute atomic E-state index is 13.0. The summed E-state index contributed by atoms with van der Waals surface area (Å²) in [6.45, 7) is 2.50. The van der Waals surface area contributed by atoms with Crippen LogP contribution in [-0.2, 0) is 20.9 Å². The molecule has 8 nitrogen and oxygen atoms in total. The van der Waals surface area contributed by atoms with Crippen molar-refractivity contribution in [3.05, 3.63) is 40.6 Å². The van der Waals surface area contributed by atoms with Crippen molar-refractivity contribution in [1.29, 1.82) is 0 Å². The van der Waals surface area contributed by atoms with Crippen LogP contribution < -0.4 is 5.76 Å². The van der Waals surface area contributed by atoms with Crippen LogP contribution in [0, 0.1) is 11.7 Å². The summed E-state index contributed by atoms with van der Waals surface area (Å²) in [6.07, 6.45) is 1.35. The Balaban J connectivity index is 1.68. The minimum atomic E-state index is -0.776. The lowest BCUT2D eigenvalue weighted by atomic mass is 9.98. The molecule has 1 amide bonds. The first-order chi connectivity index (χ1) is 13.0. The van der Waals surface area contributed by atoms with Crippen molar-refractivity contribution in [3.63, 3.8) is 0 Å². The van der Waals surface area contributed by atoms with Gasteiger partial charge in [-0.3, -0.25) is 9.59 Å². The fraction of sp³-hybridized carbons (Fsp3) is 0.444. The lowest BCUT2D eigenvalue weighted by molar-refractivity contribution is -0.151. The lowest BCUT2D eigenvalue weighted by Gasteiger charge is -2.31. The van der Waals surface area contributed by atoms with Crippen molar-refractivity contribution in [2.24, 2.45) is 5.92 Å². The van der Waals surface area contributed by atoms with E-state index >= 15 is 0 Å². The highest BCUT2D eigenvalue weighted by Gasteiger charge is 2.29. The maximum atomic E-state index is 13.0.